The third kappa shape index (κ3) is 5.94. The highest BCUT2D eigenvalue weighted by Gasteiger charge is 2.15. The van der Waals surface area contributed by atoms with E-state index >= 15 is 0 Å². The van der Waals surface area contributed by atoms with Crippen LogP contribution in [-0.2, 0) is 0 Å². The number of hydrogen-bond acceptors (Lipinski definition) is 5. The fourth-order valence-corrected chi connectivity index (χ4v) is 4.65. The molecule has 0 spiro atoms. The Labute approximate surface area is 228 Å². The molecule has 0 aliphatic rings. The van der Waals surface area contributed by atoms with E-state index in [1.165, 1.54) is 5.69 Å². The molecule has 5 nitrogen and oxygen atoms in total. The Morgan fingerprint density at radius 2 is 1.05 bits per heavy atom. The van der Waals surface area contributed by atoms with E-state index in [4.69, 9.17) is 9.72 Å². The number of aromatic nitrogens is 1. The van der Waals surface area contributed by atoms with Crippen molar-refractivity contribution < 1.29 is 4.74 Å². The molecule has 0 aliphatic heterocycles. The van der Waals surface area contributed by atoms with Gasteiger partial charge in [-0.1, -0.05) is 24.3 Å². The summed E-state index contributed by atoms with van der Waals surface area (Å²) >= 11 is 0. The molecule has 0 unspecified atom stereocenters. The largest absolute Gasteiger partial charge is 0.493 e. The number of pyridine rings is 1. The molecule has 4 rings (SSSR count). The van der Waals surface area contributed by atoms with E-state index in [-0.39, 0.29) is 0 Å². The molecule has 1 aromatic heterocycles. The van der Waals surface area contributed by atoms with Crippen molar-refractivity contribution >= 4 is 17.1 Å². The third-order valence-corrected chi connectivity index (χ3v) is 6.89. The number of anilines is 3. The molecule has 0 N–H and O–H groups in total. The van der Waals surface area contributed by atoms with Crippen LogP contribution < -0.4 is 19.4 Å². The van der Waals surface area contributed by atoms with Gasteiger partial charge < -0.3 is 19.4 Å². The second kappa shape index (κ2) is 12.0. The standard InChI is InChI=1S/C33H40N4O/c1-8-37(9-2)29-19-20-30(33(23-29)38-10-3)26-21-31(24-11-15-27(16-12-24)35(4)5)34-32(22-26)25-13-17-28(18-14-25)36(6)7/h11-23H,8-10H2,1-7H3. The van der Waals surface area contributed by atoms with E-state index in [1.807, 2.05) is 6.92 Å². The summed E-state index contributed by atoms with van der Waals surface area (Å²) in [6, 6.07) is 28.0. The molecule has 5 heteroatoms. The molecule has 0 saturated carbocycles. The monoisotopic (exact) mass is 508 g/mol. The summed E-state index contributed by atoms with van der Waals surface area (Å²) in [6.07, 6.45) is 0. The highest BCUT2D eigenvalue weighted by Crippen LogP contribution is 2.38. The minimum Gasteiger partial charge on any atom is -0.493 e. The van der Waals surface area contributed by atoms with Crippen LogP contribution in [0, 0.1) is 0 Å². The van der Waals surface area contributed by atoms with Gasteiger partial charge in [-0.25, -0.2) is 4.98 Å². The molecule has 0 radical (unpaired) electrons. The van der Waals surface area contributed by atoms with Gasteiger partial charge in [0, 0.05) is 81.1 Å². The summed E-state index contributed by atoms with van der Waals surface area (Å²) in [5, 5.41) is 0. The molecular formula is C33H40N4O. The summed E-state index contributed by atoms with van der Waals surface area (Å²) < 4.78 is 6.19. The highest BCUT2D eigenvalue weighted by atomic mass is 16.5. The van der Waals surface area contributed by atoms with Gasteiger partial charge in [0.15, 0.2) is 0 Å². The second-order valence-electron chi connectivity index (χ2n) is 9.79. The fourth-order valence-electron chi connectivity index (χ4n) is 4.65. The molecule has 0 saturated heterocycles. The SMILES string of the molecule is CCOc1cc(N(CC)CC)ccc1-c1cc(-c2ccc(N(C)C)cc2)nc(-c2ccc(N(C)C)cc2)c1. The van der Waals surface area contributed by atoms with Gasteiger partial charge in [-0.15, -0.1) is 0 Å². The fraction of sp³-hybridized carbons (Fsp3) is 0.303. The number of hydrogen-bond donors (Lipinski definition) is 0. The molecule has 1 heterocycles. The quantitative estimate of drug-likeness (QED) is 0.222. The lowest BCUT2D eigenvalue weighted by molar-refractivity contribution is 0.341. The van der Waals surface area contributed by atoms with Crippen molar-refractivity contribution in [2.24, 2.45) is 0 Å². The Balaban J connectivity index is 1.88. The van der Waals surface area contributed by atoms with Crippen molar-refractivity contribution in [3.63, 3.8) is 0 Å². The minimum atomic E-state index is 0.609. The lowest BCUT2D eigenvalue weighted by Crippen LogP contribution is -2.21. The summed E-state index contributed by atoms with van der Waals surface area (Å²) in [6.45, 7) is 8.92. The van der Waals surface area contributed by atoms with Crippen LogP contribution in [0.25, 0.3) is 33.6 Å². The second-order valence-corrected chi connectivity index (χ2v) is 9.79. The lowest BCUT2D eigenvalue weighted by Gasteiger charge is -2.23. The molecular weight excluding hydrogens is 468 g/mol. The molecule has 4 aromatic rings. The van der Waals surface area contributed by atoms with Crippen LogP contribution in [0.15, 0.2) is 78.9 Å². The van der Waals surface area contributed by atoms with Crippen LogP contribution in [0.2, 0.25) is 0 Å². The van der Waals surface area contributed by atoms with Gasteiger partial charge in [0.25, 0.3) is 0 Å². The molecule has 0 amide bonds. The van der Waals surface area contributed by atoms with Crippen LogP contribution in [0.4, 0.5) is 17.1 Å². The lowest BCUT2D eigenvalue weighted by atomic mass is 9.98. The third-order valence-electron chi connectivity index (χ3n) is 6.89. The normalized spacial score (nSPS) is 10.8. The Kier molecular flexibility index (Phi) is 8.57. The van der Waals surface area contributed by atoms with E-state index in [2.05, 4.69) is 136 Å². The van der Waals surface area contributed by atoms with Crippen LogP contribution in [0.3, 0.4) is 0 Å². The first-order chi connectivity index (χ1) is 18.3. The van der Waals surface area contributed by atoms with Crippen molar-refractivity contribution in [3.05, 3.63) is 78.9 Å². The number of nitrogens with zero attached hydrogens (tertiary/aromatic N) is 4. The summed E-state index contributed by atoms with van der Waals surface area (Å²) in [7, 11) is 8.22. The van der Waals surface area contributed by atoms with Crippen molar-refractivity contribution in [2.45, 2.75) is 20.8 Å². The van der Waals surface area contributed by atoms with Crippen LogP contribution in [-0.4, -0.2) is 52.9 Å². The molecule has 0 atom stereocenters. The zero-order chi connectivity index (χ0) is 27.2. The van der Waals surface area contributed by atoms with Gasteiger partial charge >= 0.3 is 0 Å². The topological polar surface area (TPSA) is 31.8 Å². The van der Waals surface area contributed by atoms with Gasteiger partial charge in [0.2, 0.25) is 0 Å². The summed E-state index contributed by atoms with van der Waals surface area (Å²) in [5.41, 5.74) is 9.71. The maximum absolute atomic E-state index is 6.19. The van der Waals surface area contributed by atoms with Gasteiger partial charge in [0.05, 0.1) is 18.0 Å². The zero-order valence-electron chi connectivity index (χ0n) is 23.8. The van der Waals surface area contributed by atoms with E-state index in [0.717, 1.165) is 63.9 Å². The smallest absolute Gasteiger partial charge is 0.129 e. The zero-order valence-corrected chi connectivity index (χ0v) is 23.8. The number of benzene rings is 3. The first-order valence-corrected chi connectivity index (χ1v) is 13.4. The minimum absolute atomic E-state index is 0.609. The van der Waals surface area contributed by atoms with Crippen molar-refractivity contribution in [2.75, 3.05) is 62.6 Å². The van der Waals surface area contributed by atoms with Crippen molar-refractivity contribution in [1.29, 1.82) is 0 Å². The molecule has 0 aliphatic carbocycles. The predicted octanol–water partition coefficient (Wildman–Crippen LogP) is 7.46. The number of ether oxygens (including phenoxy) is 1. The number of rotatable bonds is 10. The van der Waals surface area contributed by atoms with Gasteiger partial charge in [-0.3, -0.25) is 0 Å². The van der Waals surface area contributed by atoms with E-state index in [9.17, 15) is 0 Å². The Morgan fingerprint density at radius 3 is 1.47 bits per heavy atom. The van der Waals surface area contributed by atoms with Crippen molar-refractivity contribution in [1.82, 2.24) is 4.98 Å². The molecule has 38 heavy (non-hydrogen) atoms. The summed E-state index contributed by atoms with van der Waals surface area (Å²) in [4.78, 5) is 11.7. The van der Waals surface area contributed by atoms with Gasteiger partial charge in [0.1, 0.15) is 5.75 Å². The average Bonchev–Trinajstić information content (AvgIpc) is 2.94. The Bertz CT molecular complexity index is 1270. The molecule has 0 fully saturated rings. The first-order valence-electron chi connectivity index (χ1n) is 13.4. The van der Waals surface area contributed by atoms with E-state index in [1.54, 1.807) is 0 Å². The van der Waals surface area contributed by atoms with E-state index < -0.39 is 0 Å². The van der Waals surface area contributed by atoms with Crippen molar-refractivity contribution in [3.8, 4) is 39.4 Å². The average molecular weight is 509 g/mol. The molecule has 3 aromatic carbocycles. The maximum Gasteiger partial charge on any atom is 0.129 e. The van der Waals surface area contributed by atoms with Gasteiger partial charge in [-0.05, 0) is 74.9 Å². The Hall–Kier alpha value is -3.99. The van der Waals surface area contributed by atoms with Crippen LogP contribution in [0.1, 0.15) is 20.8 Å². The molecule has 198 valence electrons. The Morgan fingerprint density at radius 1 is 0.579 bits per heavy atom. The van der Waals surface area contributed by atoms with Crippen LogP contribution >= 0.6 is 0 Å². The maximum atomic E-state index is 6.19. The van der Waals surface area contributed by atoms with Crippen LogP contribution in [0.5, 0.6) is 5.75 Å². The van der Waals surface area contributed by atoms with E-state index in [0.29, 0.717) is 6.61 Å². The summed E-state index contributed by atoms with van der Waals surface area (Å²) in [5.74, 6) is 0.894. The first kappa shape index (κ1) is 27.1. The highest BCUT2D eigenvalue weighted by molar-refractivity contribution is 5.81. The molecule has 0 bridgehead atoms. The predicted molar refractivity (Wildman–Crippen MR) is 164 cm³/mol. The van der Waals surface area contributed by atoms with Gasteiger partial charge in [-0.2, -0.15) is 0 Å².